The van der Waals surface area contributed by atoms with Gasteiger partial charge >= 0.3 is 6.01 Å². The van der Waals surface area contributed by atoms with Gasteiger partial charge in [0.15, 0.2) is 0 Å². The van der Waals surface area contributed by atoms with Gasteiger partial charge in [-0.15, -0.1) is 0 Å². The zero-order valence-electron chi connectivity index (χ0n) is 21.4. The minimum atomic E-state index is -4.78. The Bertz CT molecular complexity index is 1830. The number of anilines is 3. The molecule has 42 heavy (non-hydrogen) atoms. The van der Waals surface area contributed by atoms with Crippen LogP contribution in [0.4, 0.5) is 17.3 Å². The van der Waals surface area contributed by atoms with E-state index in [0.29, 0.717) is 18.7 Å². The maximum Gasteiger partial charge on any atom is 0.321 e. The van der Waals surface area contributed by atoms with Gasteiger partial charge < -0.3 is 20.1 Å². The second-order valence-electron chi connectivity index (χ2n) is 8.60. The van der Waals surface area contributed by atoms with Crippen molar-refractivity contribution in [3.63, 3.8) is 0 Å². The highest BCUT2D eigenvalue weighted by atomic mass is 35.6. The molecule has 1 aromatic heterocycles. The fourth-order valence-corrected chi connectivity index (χ4v) is 5.37. The first kappa shape index (κ1) is 31.7. The van der Waals surface area contributed by atoms with Crippen molar-refractivity contribution < 1.29 is 35.8 Å². The first-order chi connectivity index (χ1) is 19.6. The Morgan fingerprint density at radius 2 is 1.60 bits per heavy atom. The highest BCUT2D eigenvalue weighted by molar-refractivity contribution is 7.86. The van der Waals surface area contributed by atoms with Gasteiger partial charge in [-0.25, -0.2) is 0 Å². The predicted molar refractivity (Wildman–Crippen MR) is 156 cm³/mol. The number of rotatable bonds is 10. The van der Waals surface area contributed by atoms with Gasteiger partial charge in [0.25, 0.3) is 20.2 Å². The smallest absolute Gasteiger partial charge is 0.321 e. The first-order valence-corrected chi connectivity index (χ1v) is 15.8. The fourth-order valence-electron chi connectivity index (χ4n) is 3.91. The van der Waals surface area contributed by atoms with E-state index in [0.717, 1.165) is 30.0 Å². The molecule has 0 amide bonds. The number of phenols is 1. The molecule has 0 spiro atoms. The number of alkyl halides is 3. The maximum absolute atomic E-state index is 11.9. The third-order valence-electron chi connectivity index (χ3n) is 5.85. The molecule has 0 saturated heterocycles. The molecule has 0 unspecified atom stereocenters. The third-order valence-corrected chi connectivity index (χ3v) is 8.17. The van der Waals surface area contributed by atoms with Crippen molar-refractivity contribution in [3.8, 4) is 11.8 Å². The van der Waals surface area contributed by atoms with Crippen LogP contribution in [0.3, 0.4) is 0 Å². The lowest BCUT2D eigenvalue weighted by molar-refractivity contribution is 0.298. The second-order valence-corrected chi connectivity index (χ2v) is 13.7. The Morgan fingerprint density at radius 3 is 2.17 bits per heavy atom. The van der Waals surface area contributed by atoms with Gasteiger partial charge in [-0.05, 0) is 42.6 Å². The molecule has 0 atom stereocenters. The Morgan fingerprint density at radius 1 is 0.976 bits per heavy atom. The van der Waals surface area contributed by atoms with Crippen molar-refractivity contribution in [2.75, 3.05) is 29.9 Å². The zero-order chi connectivity index (χ0) is 30.9. The fraction of sp³-hybridized carbons (Fsp3) is 0.208. The molecule has 0 saturated carbocycles. The lowest BCUT2D eigenvalue weighted by atomic mass is 10.1. The van der Waals surface area contributed by atoms with Crippen LogP contribution in [0.5, 0.6) is 11.8 Å². The van der Waals surface area contributed by atoms with Crippen molar-refractivity contribution in [3.05, 3.63) is 60.4 Å². The first-order valence-electron chi connectivity index (χ1n) is 11.8. The summed E-state index contributed by atoms with van der Waals surface area (Å²) >= 11 is 17.7. The minimum Gasteiger partial charge on any atom is -0.507 e. The number of fused-ring (bicyclic) bond motifs is 1. The molecule has 0 aliphatic rings. The van der Waals surface area contributed by atoms with E-state index < -0.39 is 39.6 Å². The van der Waals surface area contributed by atoms with Crippen LogP contribution < -0.4 is 15.0 Å². The molecule has 1 radical (unpaired) electrons. The Kier molecular flexibility index (Phi) is 9.22. The summed E-state index contributed by atoms with van der Waals surface area (Å²) in [6.07, 6.45) is 2.35. The van der Waals surface area contributed by atoms with Gasteiger partial charge in [0, 0.05) is 29.2 Å². The number of nitrogens with zero attached hydrogens (tertiary/aromatic N) is 4. The van der Waals surface area contributed by atoms with Gasteiger partial charge in [-0.1, -0.05) is 46.9 Å². The molecule has 1 heterocycles. The zero-order valence-corrected chi connectivity index (χ0v) is 25.3. The highest BCUT2D eigenvalue weighted by Crippen LogP contribution is 2.39. The van der Waals surface area contributed by atoms with E-state index in [-0.39, 0.29) is 35.0 Å². The number of likely N-dealkylation sites (N-methyl/N-ethyl adjacent to an activating group) is 1. The van der Waals surface area contributed by atoms with Crippen molar-refractivity contribution in [1.29, 1.82) is 0 Å². The number of hydrogen-bond acceptors (Lipinski definition) is 11. The molecule has 4 rings (SSSR count). The predicted octanol–water partition coefficient (Wildman–Crippen LogP) is 4.50. The number of ether oxygens (including phenoxy) is 1. The third kappa shape index (κ3) is 7.60. The van der Waals surface area contributed by atoms with Crippen LogP contribution in [-0.4, -0.2) is 65.7 Å². The molecular formula is C24H21Cl3N5O8S2. The quantitative estimate of drug-likeness (QED) is 0.136. The van der Waals surface area contributed by atoms with Crippen LogP contribution in [0.25, 0.3) is 10.8 Å². The number of hydrogen-bond donors (Lipinski definition) is 4. The monoisotopic (exact) mass is 676 g/mol. The summed E-state index contributed by atoms with van der Waals surface area (Å²) in [5.41, 5.74) is 1.25. The van der Waals surface area contributed by atoms with Crippen molar-refractivity contribution in [2.24, 2.45) is 0 Å². The van der Waals surface area contributed by atoms with E-state index in [2.05, 4.69) is 26.6 Å². The van der Waals surface area contributed by atoms with E-state index in [9.17, 15) is 31.0 Å². The van der Waals surface area contributed by atoms with E-state index in [1.54, 1.807) is 24.3 Å². The number of aromatic hydroxyl groups is 1. The van der Waals surface area contributed by atoms with E-state index >= 15 is 0 Å². The molecule has 4 aromatic rings. The van der Waals surface area contributed by atoms with Gasteiger partial charge in [-0.3, -0.25) is 9.11 Å². The standard InChI is InChI=1S/C24H21Cl3N5O8S2/c1-2-32(16-5-3-15(4-6-16)24(25,26)27)7-8-40-23-29-13-28-22(31-23)30-19-11-17(41(34,35)36)9-14-10-18(42(37,38)39)12-20(33)21(14)19/h3-6,9-12,33H,2,7-8H2,1H3,(H,34,35,36)(H,37,38,39)(H,28,29,30,31). The number of aromatic nitrogens is 3. The summed E-state index contributed by atoms with van der Waals surface area (Å²) in [5.74, 6) is -0.803. The molecule has 3 aromatic carbocycles. The lowest BCUT2D eigenvalue weighted by Gasteiger charge is -2.23. The molecule has 223 valence electrons. The summed E-state index contributed by atoms with van der Waals surface area (Å²) in [6.45, 7) is 3.13. The second kappa shape index (κ2) is 12.2. The average molecular weight is 678 g/mol. The van der Waals surface area contributed by atoms with E-state index in [1.165, 1.54) is 0 Å². The summed E-state index contributed by atoms with van der Waals surface area (Å²) in [6, 6.07) is 10.5. The molecular weight excluding hydrogens is 657 g/mol. The summed E-state index contributed by atoms with van der Waals surface area (Å²) in [4.78, 5) is 12.4. The molecule has 0 aliphatic heterocycles. The van der Waals surface area contributed by atoms with Crippen LogP contribution in [0.1, 0.15) is 12.5 Å². The normalized spacial score (nSPS) is 12.3. The Balaban J connectivity index is 1.56. The largest absolute Gasteiger partial charge is 0.507 e. The molecule has 0 bridgehead atoms. The van der Waals surface area contributed by atoms with Crippen LogP contribution in [0.15, 0.2) is 58.3 Å². The number of benzene rings is 3. The van der Waals surface area contributed by atoms with Crippen LogP contribution in [-0.2, 0) is 24.0 Å². The lowest BCUT2D eigenvalue weighted by Crippen LogP contribution is -2.28. The topological polar surface area (TPSA) is 192 Å². The van der Waals surface area contributed by atoms with Crippen molar-refractivity contribution in [2.45, 2.75) is 20.5 Å². The number of nitrogens with one attached hydrogen (secondary N) is 1. The van der Waals surface area contributed by atoms with Gasteiger partial charge in [0.2, 0.25) is 16.1 Å². The van der Waals surface area contributed by atoms with E-state index in [1.807, 2.05) is 11.8 Å². The van der Waals surface area contributed by atoms with Crippen LogP contribution >= 0.6 is 34.8 Å². The SMILES string of the molecule is CCN(CCOc1n[c]nc(Nc2cc(S(=O)(=O)O)cc3cc(S(=O)(=O)O)cc(O)c23)n1)c1ccc(C(Cl)(Cl)Cl)cc1. The van der Waals surface area contributed by atoms with Gasteiger partial charge in [0.05, 0.1) is 22.0 Å². The molecule has 18 heteroatoms. The van der Waals surface area contributed by atoms with Gasteiger partial charge in [0.1, 0.15) is 12.4 Å². The van der Waals surface area contributed by atoms with Crippen LogP contribution in [0.2, 0.25) is 0 Å². The van der Waals surface area contributed by atoms with Crippen LogP contribution in [0, 0.1) is 6.33 Å². The minimum absolute atomic E-state index is 0.0583. The summed E-state index contributed by atoms with van der Waals surface area (Å²) in [5, 5.41) is 13.0. The van der Waals surface area contributed by atoms with Crippen molar-refractivity contribution in [1.82, 2.24) is 15.0 Å². The van der Waals surface area contributed by atoms with E-state index in [4.69, 9.17) is 39.5 Å². The number of phenolic OH excluding ortho intramolecular Hbond substituents is 1. The average Bonchev–Trinajstić information content (AvgIpc) is 2.89. The van der Waals surface area contributed by atoms with Crippen molar-refractivity contribution >= 4 is 83.1 Å². The Labute approximate surface area is 255 Å². The maximum atomic E-state index is 11.9. The molecule has 13 nitrogen and oxygen atoms in total. The molecule has 0 fully saturated rings. The summed E-state index contributed by atoms with van der Waals surface area (Å²) in [7, 11) is -9.53. The Hall–Kier alpha value is -3.18. The molecule has 4 N–H and O–H groups in total. The highest BCUT2D eigenvalue weighted by Gasteiger charge is 2.23. The number of halogens is 3. The molecule has 0 aliphatic carbocycles. The van der Waals surface area contributed by atoms with Gasteiger partial charge in [-0.2, -0.15) is 31.8 Å². The summed E-state index contributed by atoms with van der Waals surface area (Å²) < 4.78 is 70.0.